The van der Waals surface area contributed by atoms with Crippen LogP contribution in [0.5, 0.6) is 0 Å². The van der Waals surface area contributed by atoms with Crippen molar-refractivity contribution in [3.05, 3.63) is 11.3 Å². The highest BCUT2D eigenvalue weighted by Gasteiger charge is 2.22. The minimum absolute atomic E-state index is 0.00287. The standard InChI is InChI=1S/C8H9NO3/c1-2-11-8(10)6(5-9)7-3-4-12-7/h2-4H2,1H3. The fourth-order valence-corrected chi connectivity index (χ4v) is 0.826. The van der Waals surface area contributed by atoms with Crippen LogP contribution in [0, 0.1) is 11.3 Å². The van der Waals surface area contributed by atoms with Crippen LogP contribution in [0.2, 0.25) is 0 Å². The van der Waals surface area contributed by atoms with Crippen molar-refractivity contribution in [2.45, 2.75) is 13.3 Å². The van der Waals surface area contributed by atoms with Gasteiger partial charge in [0.2, 0.25) is 0 Å². The molecule has 0 aromatic carbocycles. The van der Waals surface area contributed by atoms with Crippen molar-refractivity contribution in [2.75, 3.05) is 13.2 Å². The molecule has 0 aliphatic carbocycles. The fraction of sp³-hybridized carbons (Fsp3) is 0.500. The van der Waals surface area contributed by atoms with E-state index in [1.807, 2.05) is 0 Å². The summed E-state index contributed by atoms with van der Waals surface area (Å²) in [4.78, 5) is 11.0. The first-order chi connectivity index (χ1) is 5.79. The third-order valence-corrected chi connectivity index (χ3v) is 1.48. The van der Waals surface area contributed by atoms with E-state index < -0.39 is 5.97 Å². The minimum atomic E-state index is -0.588. The second kappa shape index (κ2) is 3.77. The first-order valence-electron chi connectivity index (χ1n) is 3.72. The summed E-state index contributed by atoms with van der Waals surface area (Å²) in [7, 11) is 0. The Balaban J connectivity index is 2.69. The molecule has 12 heavy (non-hydrogen) atoms. The lowest BCUT2D eigenvalue weighted by Gasteiger charge is -2.19. The van der Waals surface area contributed by atoms with Crippen molar-refractivity contribution in [3.63, 3.8) is 0 Å². The third kappa shape index (κ3) is 1.56. The number of nitriles is 1. The molecule has 1 rings (SSSR count). The summed E-state index contributed by atoms with van der Waals surface area (Å²) in [5.74, 6) is -0.134. The van der Waals surface area contributed by atoms with Gasteiger partial charge in [-0.25, -0.2) is 4.79 Å². The highest BCUT2D eigenvalue weighted by Crippen LogP contribution is 2.20. The van der Waals surface area contributed by atoms with Gasteiger partial charge in [0.15, 0.2) is 5.57 Å². The van der Waals surface area contributed by atoms with E-state index in [1.165, 1.54) is 0 Å². The molecule has 1 heterocycles. The lowest BCUT2D eigenvalue weighted by Crippen LogP contribution is -2.17. The number of hydrogen-bond acceptors (Lipinski definition) is 4. The lowest BCUT2D eigenvalue weighted by atomic mass is 10.1. The van der Waals surface area contributed by atoms with Crippen LogP contribution in [-0.2, 0) is 14.3 Å². The summed E-state index contributed by atoms with van der Waals surface area (Å²) in [5.41, 5.74) is 0.00287. The summed E-state index contributed by atoms with van der Waals surface area (Å²) < 4.78 is 9.56. The summed E-state index contributed by atoms with van der Waals surface area (Å²) in [6, 6.07) is 1.77. The Morgan fingerprint density at radius 1 is 1.83 bits per heavy atom. The highest BCUT2D eigenvalue weighted by molar-refractivity contribution is 5.93. The molecular formula is C8H9NO3. The van der Waals surface area contributed by atoms with Crippen molar-refractivity contribution in [1.29, 1.82) is 5.26 Å². The predicted octanol–water partition coefficient (Wildman–Crippen LogP) is 0.747. The van der Waals surface area contributed by atoms with Crippen LogP contribution < -0.4 is 0 Å². The Kier molecular flexibility index (Phi) is 2.70. The maximum absolute atomic E-state index is 11.0. The van der Waals surface area contributed by atoms with Gasteiger partial charge in [-0.05, 0) is 6.92 Å². The molecule has 0 unspecified atom stereocenters. The van der Waals surface area contributed by atoms with Crippen molar-refractivity contribution in [1.82, 2.24) is 0 Å². The Bertz CT molecular complexity index is 256. The van der Waals surface area contributed by atoms with Crippen LogP contribution in [0.1, 0.15) is 13.3 Å². The largest absolute Gasteiger partial charge is 0.496 e. The average molecular weight is 167 g/mol. The van der Waals surface area contributed by atoms with Gasteiger partial charge in [0.25, 0.3) is 0 Å². The Morgan fingerprint density at radius 3 is 2.83 bits per heavy atom. The zero-order valence-corrected chi connectivity index (χ0v) is 6.79. The summed E-state index contributed by atoms with van der Waals surface area (Å²) >= 11 is 0. The van der Waals surface area contributed by atoms with Gasteiger partial charge >= 0.3 is 5.97 Å². The molecule has 1 aliphatic heterocycles. The minimum Gasteiger partial charge on any atom is -0.496 e. The van der Waals surface area contributed by atoms with Crippen molar-refractivity contribution >= 4 is 5.97 Å². The zero-order valence-electron chi connectivity index (χ0n) is 6.79. The van der Waals surface area contributed by atoms with E-state index in [1.54, 1.807) is 13.0 Å². The average Bonchev–Trinajstić information content (AvgIpc) is 1.96. The predicted molar refractivity (Wildman–Crippen MR) is 39.8 cm³/mol. The SMILES string of the molecule is CCOC(=O)C(C#N)=C1CCO1. The van der Waals surface area contributed by atoms with Gasteiger partial charge in [-0.2, -0.15) is 5.26 Å². The molecule has 1 fully saturated rings. The molecule has 0 radical (unpaired) electrons. The van der Waals surface area contributed by atoms with E-state index in [4.69, 9.17) is 10.00 Å². The van der Waals surface area contributed by atoms with Crippen LogP contribution in [-0.4, -0.2) is 19.2 Å². The van der Waals surface area contributed by atoms with Crippen molar-refractivity contribution < 1.29 is 14.3 Å². The fourth-order valence-electron chi connectivity index (χ4n) is 0.826. The molecule has 4 heteroatoms. The van der Waals surface area contributed by atoms with Crippen LogP contribution >= 0.6 is 0 Å². The number of carbonyl (C=O) groups is 1. The maximum Gasteiger partial charge on any atom is 0.352 e. The quantitative estimate of drug-likeness (QED) is 0.346. The number of nitrogens with zero attached hydrogens (tertiary/aromatic N) is 1. The smallest absolute Gasteiger partial charge is 0.352 e. The van der Waals surface area contributed by atoms with E-state index in [0.717, 1.165) is 0 Å². The molecule has 0 N–H and O–H groups in total. The number of esters is 1. The van der Waals surface area contributed by atoms with E-state index in [2.05, 4.69) is 4.74 Å². The molecule has 0 atom stereocenters. The number of carbonyl (C=O) groups excluding carboxylic acids is 1. The van der Waals surface area contributed by atoms with Crippen LogP contribution in [0.25, 0.3) is 0 Å². The third-order valence-electron chi connectivity index (χ3n) is 1.48. The van der Waals surface area contributed by atoms with Gasteiger partial charge in [-0.1, -0.05) is 0 Å². The van der Waals surface area contributed by atoms with E-state index in [0.29, 0.717) is 18.8 Å². The number of hydrogen-bond donors (Lipinski definition) is 0. The van der Waals surface area contributed by atoms with Crippen LogP contribution in [0.4, 0.5) is 0 Å². The van der Waals surface area contributed by atoms with Crippen LogP contribution in [0.3, 0.4) is 0 Å². The second-order valence-corrected chi connectivity index (χ2v) is 2.23. The van der Waals surface area contributed by atoms with Crippen LogP contribution in [0.15, 0.2) is 11.3 Å². The summed E-state index contributed by atoms with van der Waals surface area (Å²) in [6.45, 7) is 2.55. The normalized spacial score (nSPS) is 18.3. The van der Waals surface area contributed by atoms with Crippen molar-refractivity contribution in [3.8, 4) is 6.07 Å². The van der Waals surface area contributed by atoms with Gasteiger partial charge in [0.05, 0.1) is 13.2 Å². The number of rotatable bonds is 2. The molecule has 0 aromatic heterocycles. The molecular weight excluding hydrogens is 158 g/mol. The van der Waals surface area contributed by atoms with Gasteiger partial charge < -0.3 is 9.47 Å². The van der Waals surface area contributed by atoms with Gasteiger partial charge in [-0.3, -0.25) is 0 Å². The molecule has 1 saturated heterocycles. The molecule has 0 spiro atoms. The molecule has 0 saturated carbocycles. The molecule has 0 bridgehead atoms. The Hall–Kier alpha value is -1.50. The molecule has 0 amide bonds. The van der Waals surface area contributed by atoms with Gasteiger partial charge in [-0.15, -0.1) is 0 Å². The monoisotopic (exact) mass is 167 g/mol. The van der Waals surface area contributed by atoms with E-state index in [9.17, 15) is 4.79 Å². The topological polar surface area (TPSA) is 59.3 Å². The van der Waals surface area contributed by atoms with Gasteiger partial charge in [0, 0.05) is 6.42 Å². The Morgan fingerprint density at radius 2 is 2.50 bits per heavy atom. The zero-order chi connectivity index (χ0) is 8.97. The van der Waals surface area contributed by atoms with E-state index >= 15 is 0 Å². The summed E-state index contributed by atoms with van der Waals surface area (Å²) in [6.07, 6.45) is 0.654. The van der Waals surface area contributed by atoms with Crippen molar-refractivity contribution in [2.24, 2.45) is 0 Å². The first-order valence-corrected chi connectivity index (χ1v) is 3.72. The molecule has 64 valence electrons. The Labute approximate surface area is 70.4 Å². The summed E-state index contributed by atoms with van der Waals surface area (Å²) in [5, 5.41) is 8.57. The lowest BCUT2D eigenvalue weighted by molar-refractivity contribution is -0.138. The van der Waals surface area contributed by atoms with E-state index in [-0.39, 0.29) is 12.2 Å². The molecule has 1 aliphatic rings. The second-order valence-electron chi connectivity index (χ2n) is 2.23. The molecule has 0 aromatic rings. The maximum atomic E-state index is 11.0. The first kappa shape index (κ1) is 8.60. The number of ether oxygens (including phenoxy) is 2. The molecule has 4 nitrogen and oxygen atoms in total. The highest BCUT2D eigenvalue weighted by atomic mass is 16.5. The van der Waals surface area contributed by atoms with Gasteiger partial charge in [0.1, 0.15) is 11.8 Å².